The number of nitrogens with one attached hydrogen (secondary N) is 2. The summed E-state index contributed by atoms with van der Waals surface area (Å²) in [7, 11) is 0. The molecule has 0 saturated carbocycles. The molecule has 0 aliphatic carbocycles. The zero-order chi connectivity index (χ0) is 13.6. The van der Waals surface area contributed by atoms with Crippen LogP contribution in [0.25, 0.3) is 0 Å². The van der Waals surface area contributed by atoms with Crippen LogP contribution in [0.2, 0.25) is 0 Å². The zero-order valence-electron chi connectivity index (χ0n) is 11.5. The Morgan fingerprint density at radius 1 is 1.25 bits per heavy atom. The molecule has 0 aromatic carbocycles. The van der Waals surface area contributed by atoms with Gasteiger partial charge in [-0.3, -0.25) is 10.1 Å². The molecule has 0 atom stereocenters. The first-order chi connectivity index (χ1) is 9.92. The van der Waals surface area contributed by atoms with Crippen LogP contribution in [0.5, 0.6) is 0 Å². The van der Waals surface area contributed by atoms with Gasteiger partial charge in [0, 0.05) is 50.2 Å². The zero-order valence-corrected chi connectivity index (χ0v) is 11.5. The van der Waals surface area contributed by atoms with Gasteiger partial charge in [-0.1, -0.05) is 0 Å². The standard InChI is InChI=1S/C14H20N6/c1-6-15-7-2-13(1)20-9-4-12(5-10-20)16-8-3-14-17-11-18-19-14/h1-2,6-7,11-12,16H,3-5,8-10H2,(H,17,18,19). The van der Waals surface area contributed by atoms with E-state index in [9.17, 15) is 0 Å². The molecule has 3 rings (SSSR count). The van der Waals surface area contributed by atoms with Crippen molar-refractivity contribution in [1.29, 1.82) is 0 Å². The molecule has 0 unspecified atom stereocenters. The number of piperidine rings is 1. The van der Waals surface area contributed by atoms with Crippen LogP contribution in [0, 0.1) is 0 Å². The number of nitrogens with zero attached hydrogens (tertiary/aromatic N) is 4. The van der Waals surface area contributed by atoms with Crippen LogP contribution in [0.15, 0.2) is 30.9 Å². The van der Waals surface area contributed by atoms with Crippen LogP contribution in [0.1, 0.15) is 18.7 Å². The number of H-pyrrole nitrogens is 1. The Morgan fingerprint density at radius 3 is 2.75 bits per heavy atom. The van der Waals surface area contributed by atoms with E-state index in [0.29, 0.717) is 6.04 Å². The van der Waals surface area contributed by atoms with Gasteiger partial charge in [0.25, 0.3) is 0 Å². The van der Waals surface area contributed by atoms with Crippen molar-refractivity contribution in [2.75, 3.05) is 24.5 Å². The summed E-state index contributed by atoms with van der Waals surface area (Å²) in [5.41, 5.74) is 1.28. The van der Waals surface area contributed by atoms with Crippen LogP contribution in [0.3, 0.4) is 0 Å². The summed E-state index contributed by atoms with van der Waals surface area (Å²) < 4.78 is 0. The van der Waals surface area contributed by atoms with E-state index in [1.807, 2.05) is 12.4 Å². The number of aromatic nitrogens is 4. The molecule has 1 aliphatic rings. The first-order valence-corrected chi connectivity index (χ1v) is 7.14. The van der Waals surface area contributed by atoms with Crippen molar-refractivity contribution < 1.29 is 0 Å². The van der Waals surface area contributed by atoms with E-state index < -0.39 is 0 Å². The SMILES string of the molecule is c1cc(N2CCC(NCCc3ncn[nH]3)CC2)ccn1. The number of rotatable bonds is 5. The minimum Gasteiger partial charge on any atom is -0.371 e. The second-order valence-electron chi connectivity index (χ2n) is 5.10. The van der Waals surface area contributed by atoms with Gasteiger partial charge in [-0.25, -0.2) is 4.98 Å². The van der Waals surface area contributed by atoms with Gasteiger partial charge in [-0.15, -0.1) is 0 Å². The molecule has 20 heavy (non-hydrogen) atoms. The van der Waals surface area contributed by atoms with E-state index in [1.165, 1.54) is 18.5 Å². The van der Waals surface area contributed by atoms with Gasteiger partial charge in [-0.2, -0.15) is 5.10 Å². The third-order valence-electron chi connectivity index (χ3n) is 3.78. The van der Waals surface area contributed by atoms with E-state index in [2.05, 4.69) is 42.5 Å². The van der Waals surface area contributed by atoms with Crippen molar-refractivity contribution >= 4 is 5.69 Å². The van der Waals surface area contributed by atoms with Crippen molar-refractivity contribution in [2.24, 2.45) is 0 Å². The fourth-order valence-electron chi connectivity index (χ4n) is 2.64. The molecule has 2 N–H and O–H groups in total. The summed E-state index contributed by atoms with van der Waals surface area (Å²) in [6, 6.07) is 4.77. The third-order valence-corrected chi connectivity index (χ3v) is 3.78. The predicted octanol–water partition coefficient (Wildman–Crippen LogP) is 1.00. The summed E-state index contributed by atoms with van der Waals surface area (Å²) in [4.78, 5) is 10.6. The van der Waals surface area contributed by atoms with Crippen LogP contribution < -0.4 is 10.2 Å². The minimum absolute atomic E-state index is 0.607. The van der Waals surface area contributed by atoms with Gasteiger partial charge in [0.2, 0.25) is 0 Å². The molecule has 6 heteroatoms. The molecule has 1 aliphatic heterocycles. The maximum absolute atomic E-state index is 4.13. The normalized spacial score (nSPS) is 16.5. The number of aromatic amines is 1. The molecule has 1 fully saturated rings. The van der Waals surface area contributed by atoms with Crippen LogP contribution in [0.4, 0.5) is 5.69 Å². The number of pyridine rings is 1. The summed E-state index contributed by atoms with van der Waals surface area (Å²) in [5, 5.41) is 10.3. The Morgan fingerprint density at radius 2 is 2.05 bits per heavy atom. The monoisotopic (exact) mass is 272 g/mol. The highest BCUT2D eigenvalue weighted by Gasteiger charge is 2.18. The second kappa shape index (κ2) is 6.47. The molecule has 2 aromatic heterocycles. The molecule has 106 valence electrons. The molecule has 6 nitrogen and oxygen atoms in total. The van der Waals surface area contributed by atoms with E-state index in [-0.39, 0.29) is 0 Å². The lowest BCUT2D eigenvalue weighted by molar-refractivity contribution is 0.416. The number of anilines is 1. The molecular formula is C14H20N6. The van der Waals surface area contributed by atoms with Crippen molar-refractivity contribution in [3.05, 3.63) is 36.7 Å². The van der Waals surface area contributed by atoms with Gasteiger partial charge in [-0.05, 0) is 25.0 Å². The summed E-state index contributed by atoms with van der Waals surface area (Å²) in [5.74, 6) is 0.951. The summed E-state index contributed by atoms with van der Waals surface area (Å²) in [6.45, 7) is 3.16. The lowest BCUT2D eigenvalue weighted by Crippen LogP contribution is -2.43. The minimum atomic E-state index is 0.607. The largest absolute Gasteiger partial charge is 0.371 e. The Bertz CT molecular complexity index is 490. The predicted molar refractivity (Wildman–Crippen MR) is 77.6 cm³/mol. The Balaban J connectivity index is 1.40. The maximum atomic E-state index is 4.13. The van der Waals surface area contributed by atoms with E-state index in [4.69, 9.17) is 0 Å². The highest BCUT2D eigenvalue weighted by atomic mass is 15.2. The highest BCUT2D eigenvalue weighted by Crippen LogP contribution is 2.18. The molecule has 0 bridgehead atoms. The first-order valence-electron chi connectivity index (χ1n) is 7.14. The van der Waals surface area contributed by atoms with Gasteiger partial charge in [0.1, 0.15) is 12.2 Å². The molecule has 0 amide bonds. The van der Waals surface area contributed by atoms with Crippen LogP contribution >= 0.6 is 0 Å². The van der Waals surface area contributed by atoms with Crippen molar-refractivity contribution in [3.8, 4) is 0 Å². The fraction of sp³-hybridized carbons (Fsp3) is 0.500. The number of hydrogen-bond acceptors (Lipinski definition) is 5. The third kappa shape index (κ3) is 3.33. The molecule has 2 aromatic rings. The Kier molecular flexibility index (Phi) is 4.22. The van der Waals surface area contributed by atoms with Crippen LogP contribution in [-0.2, 0) is 6.42 Å². The lowest BCUT2D eigenvalue weighted by atomic mass is 10.0. The Hall–Kier alpha value is -1.95. The van der Waals surface area contributed by atoms with E-state index in [1.54, 1.807) is 6.33 Å². The molecule has 0 radical (unpaired) electrons. The summed E-state index contributed by atoms with van der Waals surface area (Å²) >= 11 is 0. The molecule has 1 saturated heterocycles. The van der Waals surface area contributed by atoms with E-state index in [0.717, 1.165) is 31.9 Å². The maximum Gasteiger partial charge on any atom is 0.137 e. The van der Waals surface area contributed by atoms with Gasteiger partial charge in [0.05, 0.1) is 0 Å². The quantitative estimate of drug-likeness (QED) is 0.850. The lowest BCUT2D eigenvalue weighted by Gasteiger charge is -2.34. The first kappa shape index (κ1) is 13.1. The Labute approximate surface area is 118 Å². The van der Waals surface area contributed by atoms with Gasteiger partial charge in [0.15, 0.2) is 0 Å². The average Bonchev–Trinajstić information content (AvgIpc) is 3.02. The average molecular weight is 272 g/mol. The van der Waals surface area contributed by atoms with Crippen molar-refractivity contribution in [3.63, 3.8) is 0 Å². The highest BCUT2D eigenvalue weighted by molar-refractivity contribution is 5.44. The van der Waals surface area contributed by atoms with Gasteiger partial charge >= 0.3 is 0 Å². The molecule has 3 heterocycles. The van der Waals surface area contributed by atoms with Crippen molar-refractivity contribution in [2.45, 2.75) is 25.3 Å². The number of hydrogen-bond donors (Lipinski definition) is 2. The second-order valence-corrected chi connectivity index (χ2v) is 5.10. The molecule has 0 spiro atoms. The van der Waals surface area contributed by atoms with E-state index >= 15 is 0 Å². The smallest absolute Gasteiger partial charge is 0.137 e. The fourth-order valence-corrected chi connectivity index (χ4v) is 2.64. The summed E-state index contributed by atoms with van der Waals surface area (Å²) in [6.07, 6.45) is 8.54. The van der Waals surface area contributed by atoms with Crippen LogP contribution in [-0.4, -0.2) is 45.8 Å². The van der Waals surface area contributed by atoms with Crippen molar-refractivity contribution in [1.82, 2.24) is 25.5 Å². The molecular weight excluding hydrogens is 252 g/mol. The van der Waals surface area contributed by atoms with Gasteiger partial charge < -0.3 is 10.2 Å². The topological polar surface area (TPSA) is 69.7 Å².